The molecule has 8 heteroatoms. The Hall–Kier alpha value is -3.03. The highest BCUT2D eigenvalue weighted by Crippen LogP contribution is 2.32. The molecule has 1 aliphatic rings. The molecule has 1 saturated heterocycles. The number of hydrogen-bond donors (Lipinski definition) is 1. The largest absolute Gasteiger partial charge is 0.497 e. The topological polar surface area (TPSA) is 58.2 Å². The molecule has 1 fully saturated rings. The number of methoxy groups -OCH3 is 1. The van der Waals surface area contributed by atoms with Gasteiger partial charge >= 0.3 is 6.18 Å². The molecular formula is C21H20F3N3O2. The lowest BCUT2D eigenvalue weighted by Crippen LogP contribution is -2.37. The fourth-order valence-corrected chi connectivity index (χ4v) is 3.72. The lowest BCUT2D eigenvalue weighted by atomic mass is 9.93. The summed E-state index contributed by atoms with van der Waals surface area (Å²) in [6, 6.07) is 11.1. The number of alkyl halides is 3. The molecule has 1 amide bonds. The van der Waals surface area contributed by atoms with E-state index in [4.69, 9.17) is 4.74 Å². The van der Waals surface area contributed by atoms with Crippen LogP contribution in [0.1, 0.15) is 40.5 Å². The molecule has 5 nitrogen and oxygen atoms in total. The number of ether oxygens (including phenoxy) is 1. The van der Waals surface area contributed by atoms with Gasteiger partial charge in [0.2, 0.25) is 0 Å². The number of nitrogens with zero attached hydrogens (tertiary/aromatic N) is 2. The molecule has 4 rings (SSSR count). The summed E-state index contributed by atoms with van der Waals surface area (Å²) in [4.78, 5) is 21.4. The number of aromatic nitrogens is 2. The molecule has 1 aliphatic heterocycles. The van der Waals surface area contributed by atoms with Crippen molar-refractivity contribution in [2.45, 2.75) is 24.9 Å². The Morgan fingerprint density at radius 2 is 1.83 bits per heavy atom. The molecule has 0 unspecified atom stereocenters. The Bertz CT molecular complexity index is 1020. The maximum Gasteiger partial charge on any atom is 0.433 e. The number of H-pyrrole nitrogens is 1. The average Bonchev–Trinajstić information content (AvgIpc) is 3.16. The van der Waals surface area contributed by atoms with Crippen LogP contribution in [0.3, 0.4) is 0 Å². The van der Waals surface area contributed by atoms with Crippen LogP contribution in [0.2, 0.25) is 0 Å². The maximum atomic E-state index is 12.9. The van der Waals surface area contributed by atoms with Gasteiger partial charge in [-0.25, -0.2) is 4.98 Å². The van der Waals surface area contributed by atoms with Crippen LogP contribution in [0, 0.1) is 0 Å². The van der Waals surface area contributed by atoms with Gasteiger partial charge in [0, 0.05) is 30.3 Å². The summed E-state index contributed by atoms with van der Waals surface area (Å²) in [5.41, 5.74) is 1.48. The van der Waals surface area contributed by atoms with Gasteiger partial charge in [-0.3, -0.25) is 4.79 Å². The molecule has 29 heavy (non-hydrogen) atoms. The highest BCUT2D eigenvalue weighted by Gasteiger charge is 2.33. The van der Waals surface area contributed by atoms with E-state index in [2.05, 4.69) is 9.97 Å². The van der Waals surface area contributed by atoms with Crippen molar-refractivity contribution >= 4 is 16.9 Å². The lowest BCUT2D eigenvalue weighted by Gasteiger charge is -2.31. The van der Waals surface area contributed by atoms with Crippen LogP contribution < -0.4 is 4.74 Å². The third-order valence-electron chi connectivity index (χ3n) is 5.35. The average molecular weight is 403 g/mol. The number of piperidine rings is 1. The number of amides is 1. The second kappa shape index (κ2) is 7.42. The van der Waals surface area contributed by atoms with Gasteiger partial charge in [-0.05, 0) is 55.3 Å². The zero-order chi connectivity index (χ0) is 20.6. The van der Waals surface area contributed by atoms with E-state index < -0.39 is 11.9 Å². The number of rotatable bonds is 3. The van der Waals surface area contributed by atoms with Crippen molar-refractivity contribution in [2.24, 2.45) is 0 Å². The van der Waals surface area contributed by atoms with E-state index in [0.717, 1.165) is 24.6 Å². The SMILES string of the molecule is COc1ccc(C(=O)N2CCC(c3cc4nc(C(F)(F)F)ccc4[nH]3)CC2)cc1. The van der Waals surface area contributed by atoms with E-state index in [9.17, 15) is 18.0 Å². The Morgan fingerprint density at radius 1 is 1.14 bits per heavy atom. The molecule has 0 radical (unpaired) electrons. The van der Waals surface area contributed by atoms with E-state index in [0.29, 0.717) is 35.4 Å². The van der Waals surface area contributed by atoms with Gasteiger partial charge in [-0.15, -0.1) is 0 Å². The number of likely N-dealkylation sites (tertiary alicyclic amines) is 1. The van der Waals surface area contributed by atoms with Crippen LogP contribution in [0.4, 0.5) is 13.2 Å². The molecule has 0 spiro atoms. The first-order valence-electron chi connectivity index (χ1n) is 9.35. The van der Waals surface area contributed by atoms with Crippen LogP contribution in [-0.4, -0.2) is 41.0 Å². The summed E-state index contributed by atoms with van der Waals surface area (Å²) in [7, 11) is 1.57. The molecule has 1 N–H and O–H groups in total. The van der Waals surface area contributed by atoms with Crippen molar-refractivity contribution in [1.82, 2.24) is 14.9 Å². The van der Waals surface area contributed by atoms with Crippen molar-refractivity contribution in [2.75, 3.05) is 20.2 Å². The zero-order valence-electron chi connectivity index (χ0n) is 15.8. The number of halogens is 3. The normalized spacial score (nSPS) is 15.7. The Labute approximate surface area is 165 Å². The summed E-state index contributed by atoms with van der Waals surface area (Å²) in [6.45, 7) is 1.18. The Balaban J connectivity index is 1.44. The smallest absolute Gasteiger partial charge is 0.433 e. The van der Waals surface area contributed by atoms with E-state index in [1.54, 1.807) is 42.3 Å². The summed E-state index contributed by atoms with van der Waals surface area (Å²) >= 11 is 0. The molecule has 0 saturated carbocycles. The van der Waals surface area contributed by atoms with Gasteiger partial charge < -0.3 is 14.6 Å². The van der Waals surface area contributed by atoms with E-state index in [1.165, 1.54) is 6.07 Å². The van der Waals surface area contributed by atoms with Crippen molar-refractivity contribution in [1.29, 1.82) is 0 Å². The van der Waals surface area contributed by atoms with Gasteiger partial charge in [-0.2, -0.15) is 13.2 Å². The summed E-state index contributed by atoms with van der Waals surface area (Å²) < 4.78 is 43.7. The predicted molar refractivity (Wildman–Crippen MR) is 102 cm³/mol. The van der Waals surface area contributed by atoms with Crippen molar-refractivity contribution < 1.29 is 22.7 Å². The van der Waals surface area contributed by atoms with Crippen LogP contribution in [-0.2, 0) is 6.18 Å². The van der Waals surface area contributed by atoms with Crippen molar-refractivity contribution in [3.8, 4) is 5.75 Å². The van der Waals surface area contributed by atoms with Gasteiger partial charge in [0.25, 0.3) is 5.91 Å². The first-order valence-corrected chi connectivity index (χ1v) is 9.35. The highest BCUT2D eigenvalue weighted by atomic mass is 19.4. The molecule has 152 valence electrons. The van der Waals surface area contributed by atoms with Crippen LogP contribution in [0.25, 0.3) is 11.0 Å². The molecular weight excluding hydrogens is 383 g/mol. The fourth-order valence-electron chi connectivity index (χ4n) is 3.72. The number of carbonyl (C=O) groups is 1. The minimum Gasteiger partial charge on any atom is -0.497 e. The summed E-state index contributed by atoms with van der Waals surface area (Å²) in [5.74, 6) is 0.819. The van der Waals surface area contributed by atoms with Gasteiger partial charge in [0.05, 0.1) is 18.1 Å². The Morgan fingerprint density at radius 3 is 2.45 bits per heavy atom. The Kier molecular flexibility index (Phi) is 4.94. The van der Waals surface area contributed by atoms with Crippen molar-refractivity contribution in [3.63, 3.8) is 0 Å². The highest BCUT2D eigenvalue weighted by molar-refractivity contribution is 5.94. The van der Waals surface area contributed by atoms with Gasteiger partial charge in [0.1, 0.15) is 11.4 Å². The third kappa shape index (κ3) is 3.92. The lowest BCUT2D eigenvalue weighted by molar-refractivity contribution is -0.140. The van der Waals surface area contributed by atoms with Crippen molar-refractivity contribution in [3.05, 3.63) is 59.4 Å². The molecule has 1 aromatic carbocycles. The van der Waals surface area contributed by atoms with E-state index in [1.807, 2.05) is 0 Å². The first-order chi connectivity index (χ1) is 13.8. The minimum absolute atomic E-state index is 0.0285. The van der Waals surface area contributed by atoms with Gasteiger partial charge in [0.15, 0.2) is 0 Å². The second-order valence-corrected chi connectivity index (χ2v) is 7.15. The molecule has 0 atom stereocenters. The molecule has 0 bridgehead atoms. The maximum absolute atomic E-state index is 12.9. The number of carbonyl (C=O) groups excluding carboxylic acids is 1. The van der Waals surface area contributed by atoms with E-state index >= 15 is 0 Å². The standard InChI is InChI=1S/C21H20F3N3O2/c1-29-15-4-2-14(3-5-15)20(28)27-10-8-13(9-11-27)17-12-18-16(25-17)6-7-19(26-18)21(22,23)24/h2-7,12-13,25H,8-11H2,1H3. The van der Waals surface area contributed by atoms with Crippen LogP contribution >= 0.6 is 0 Å². The fraction of sp³-hybridized carbons (Fsp3) is 0.333. The molecule has 0 aliphatic carbocycles. The predicted octanol–water partition coefficient (Wildman–Crippen LogP) is 4.61. The second-order valence-electron chi connectivity index (χ2n) is 7.15. The molecule has 3 aromatic rings. The number of aromatic amines is 1. The number of hydrogen-bond acceptors (Lipinski definition) is 3. The number of nitrogens with one attached hydrogen (secondary N) is 1. The summed E-state index contributed by atoms with van der Waals surface area (Å²) in [6.07, 6.45) is -2.99. The zero-order valence-corrected chi connectivity index (χ0v) is 15.8. The number of benzene rings is 1. The quantitative estimate of drug-likeness (QED) is 0.695. The monoisotopic (exact) mass is 403 g/mol. The third-order valence-corrected chi connectivity index (χ3v) is 5.35. The number of pyridine rings is 1. The molecule has 3 heterocycles. The number of fused-ring (bicyclic) bond motifs is 1. The van der Waals surface area contributed by atoms with Crippen LogP contribution in [0.5, 0.6) is 5.75 Å². The molecule has 2 aromatic heterocycles. The first kappa shape index (κ1) is 19.3. The minimum atomic E-state index is -4.46. The van der Waals surface area contributed by atoms with Gasteiger partial charge in [-0.1, -0.05) is 0 Å². The van der Waals surface area contributed by atoms with E-state index in [-0.39, 0.29) is 11.8 Å². The van der Waals surface area contributed by atoms with Crippen LogP contribution in [0.15, 0.2) is 42.5 Å². The summed E-state index contributed by atoms with van der Waals surface area (Å²) in [5, 5.41) is 0.